The van der Waals surface area contributed by atoms with Gasteiger partial charge in [0.25, 0.3) is 5.91 Å². The Labute approximate surface area is 170 Å². The van der Waals surface area contributed by atoms with Gasteiger partial charge in [0.05, 0.1) is 11.1 Å². The summed E-state index contributed by atoms with van der Waals surface area (Å²) in [5, 5.41) is 3.66. The summed E-state index contributed by atoms with van der Waals surface area (Å²) < 4.78 is 20.6. The molecule has 7 heteroatoms. The van der Waals surface area contributed by atoms with Crippen molar-refractivity contribution in [3.8, 4) is 0 Å². The topological polar surface area (TPSA) is 97.2 Å². The largest absolute Gasteiger partial charge is 0.444 e. The van der Waals surface area contributed by atoms with Crippen LogP contribution in [-0.4, -0.2) is 28.6 Å². The van der Waals surface area contributed by atoms with E-state index in [2.05, 4.69) is 10.3 Å². The molecule has 0 aliphatic heterocycles. The van der Waals surface area contributed by atoms with Crippen LogP contribution in [0.4, 0.5) is 9.18 Å². The second-order valence-electron chi connectivity index (χ2n) is 9.02. The second kappa shape index (κ2) is 7.69. The van der Waals surface area contributed by atoms with Crippen LogP contribution < -0.4 is 11.1 Å². The fourth-order valence-corrected chi connectivity index (χ4v) is 4.30. The third kappa shape index (κ3) is 4.38. The van der Waals surface area contributed by atoms with Gasteiger partial charge in [0, 0.05) is 22.7 Å². The summed E-state index contributed by atoms with van der Waals surface area (Å²) in [7, 11) is 0. The first-order valence-corrected chi connectivity index (χ1v) is 10.1. The number of nitrogens with one attached hydrogen (secondary N) is 2. The van der Waals surface area contributed by atoms with Gasteiger partial charge in [-0.25, -0.2) is 9.18 Å². The van der Waals surface area contributed by atoms with Gasteiger partial charge < -0.3 is 20.8 Å². The van der Waals surface area contributed by atoms with E-state index in [1.54, 1.807) is 0 Å². The average Bonchev–Trinajstić information content (AvgIpc) is 2.88. The van der Waals surface area contributed by atoms with E-state index in [1.807, 2.05) is 34.6 Å². The first kappa shape index (κ1) is 21.1. The maximum atomic E-state index is 15.2. The van der Waals surface area contributed by atoms with Crippen LogP contribution in [0.5, 0.6) is 0 Å². The first-order chi connectivity index (χ1) is 13.5. The Kier molecular flexibility index (Phi) is 5.61. The normalized spacial score (nSPS) is 19.9. The zero-order valence-corrected chi connectivity index (χ0v) is 17.7. The van der Waals surface area contributed by atoms with E-state index in [1.165, 1.54) is 6.07 Å². The number of halogens is 1. The van der Waals surface area contributed by atoms with Crippen molar-refractivity contribution in [3.63, 3.8) is 0 Å². The molecule has 0 saturated heterocycles. The maximum Gasteiger partial charge on any atom is 0.407 e. The molecule has 1 saturated carbocycles. The molecule has 0 unspecified atom stereocenters. The predicted octanol–water partition coefficient (Wildman–Crippen LogP) is 4.57. The highest BCUT2D eigenvalue weighted by Crippen LogP contribution is 2.41. The summed E-state index contributed by atoms with van der Waals surface area (Å²) in [4.78, 5) is 27.2. The highest BCUT2D eigenvalue weighted by Gasteiger charge is 2.31. The quantitative estimate of drug-likeness (QED) is 0.700. The molecule has 4 N–H and O–H groups in total. The molecule has 1 fully saturated rings. The summed E-state index contributed by atoms with van der Waals surface area (Å²) in [6.45, 7) is 9.27. The Morgan fingerprint density at radius 3 is 2.59 bits per heavy atom. The zero-order valence-electron chi connectivity index (χ0n) is 17.7. The second-order valence-corrected chi connectivity index (χ2v) is 9.02. The summed E-state index contributed by atoms with van der Waals surface area (Å²) >= 11 is 0. The predicted molar refractivity (Wildman–Crippen MR) is 111 cm³/mol. The lowest BCUT2D eigenvalue weighted by Gasteiger charge is -2.31. The number of ether oxygens (including phenoxy) is 1. The van der Waals surface area contributed by atoms with Crippen LogP contribution in [0.1, 0.15) is 79.6 Å². The van der Waals surface area contributed by atoms with Gasteiger partial charge in [-0.15, -0.1) is 0 Å². The van der Waals surface area contributed by atoms with E-state index in [0.29, 0.717) is 17.5 Å². The average molecular weight is 403 g/mol. The number of benzene rings is 1. The van der Waals surface area contributed by atoms with E-state index in [9.17, 15) is 9.59 Å². The highest BCUT2D eigenvalue weighted by molar-refractivity contribution is 6.07. The zero-order chi connectivity index (χ0) is 21.5. The molecule has 2 atom stereocenters. The fraction of sp³-hybridized carbons (Fsp3) is 0.545. The SMILES string of the molecule is Cc1[nH]c2c(C(N)=O)cc(F)c([C@H]3CCC[C@H](NC(=O)OC(C)(C)C)C3)c2c1C. The smallest absolute Gasteiger partial charge is 0.407 e. The third-order valence-corrected chi connectivity index (χ3v) is 5.64. The highest BCUT2D eigenvalue weighted by atomic mass is 19.1. The van der Waals surface area contributed by atoms with E-state index in [0.717, 1.165) is 35.9 Å². The number of aryl methyl sites for hydroxylation is 2. The number of primary amides is 1. The van der Waals surface area contributed by atoms with Crippen LogP contribution in [0.3, 0.4) is 0 Å². The van der Waals surface area contributed by atoms with Crippen LogP contribution in [-0.2, 0) is 4.74 Å². The molecule has 3 rings (SSSR count). The molecule has 1 aliphatic carbocycles. The number of hydrogen-bond acceptors (Lipinski definition) is 3. The molecule has 0 spiro atoms. The number of carbonyl (C=O) groups excluding carboxylic acids is 2. The third-order valence-electron chi connectivity index (χ3n) is 5.64. The number of H-pyrrole nitrogens is 1. The molecule has 1 heterocycles. The number of nitrogens with two attached hydrogens (primary N) is 1. The lowest BCUT2D eigenvalue weighted by atomic mass is 9.79. The molecule has 0 radical (unpaired) electrons. The van der Waals surface area contributed by atoms with Gasteiger partial charge in [-0.3, -0.25) is 4.79 Å². The van der Waals surface area contributed by atoms with E-state index in [-0.39, 0.29) is 17.5 Å². The van der Waals surface area contributed by atoms with Crippen LogP contribution >= 0.6 is 0 Å². The number of aromatic nitrogens is 1. The standard InChI is InChI=1S/C22H30FN3O3/c1-11-12(2)25-19-15(20(24)27)10-16(23)18(17(11)19)13-7-6-8-14(9-13)26-21(28)29-22(3,4)5/h10,13-14,25H,6-9H2,1-5H3,(H2,24,27)(H,26,28)/t13-,14-/m0/s1. The minimum absolute atomic E-state index is 0.0676. The maximum absolute atomic E-state index is 15.2. The molecule has 6 nitrogen and oxygen atoms in total. The van der Waals surface area contributed by atoms with Crippen molar-refractivity contribution < 1.29 is 18.7 Å². The van der Waals surface area contributed by atoms with Gasteiger partial charge in [-0.2, -0.15) is 0 Å². The number of amides is 2. The summed E-state index contributed by atoms with van der Waals surface area (Å²) in [5.74, 6) is -1.15. The molecule has 158 valence electrons. The number of rotatable bonds is 3. The Morgan fingerprint density at radius 1 is 1.28 bits per heavy atom. The van der Waals surface area contributed by atoms with Gasteiger partial charge in [0.1, 0.15) is 11.4 Å². The van der Waals surface area contributed by atoms with Crippen molar-refractivity contribution in [2.45, 2.75) is 77.9 Å². The molecule has 29 heavy (non-hydrogen) atoms. The Morgan fingerprint density at radius 2 is 1.97 bits per heavy atom. The minimum Gasteiger partial charge on any atom is -0.444 e. The number of fused-ring (bicyclic) bond motifs is 1. The van der Waals surface area contributed by atoms with Gasteiger partial charge in [0.15, 0.2) is 0 Å². The van der Waals surface area contributed by atoms with E-state index >= 15 is 4.39 Å². The number of alkyl carbamates (subject to hydrolysis) is 1. The Hall–Kier alpha value is -2.57. The van der Waals surface area contributed by atoms with Crippen molar-refractivity contribution in [2.24, 2.45) is 5.73 Å². The summed E-state index contributed by atoms with van der Waals surface area (Å²) in [6.07, 6.45) is 2.67. The van der Waals surface area contributed by atoms with E-state index in [4.69, 9.17) is 10.5 Å². The van der Waals surface area contributed by atoms with Gasteiger partial charge in [-0.05, 0) is 71.4 Å². The van der Waals surface area contributed by atoms with E-state index < -0.39 is 23.4 Å². The van der Waals surface area contributed by atoms with Crippen LogP contribution in [0.25, 0.3) is 10.9 Å². The molecule has 2 aromatic rings. The molecule has 1 aromatic heterocycles. The number of hydrogen-bond donors (Lipinski definition) is 3. The fourth-order valence-electron chi connectivity index (χ4n) is 4.30. The Balaban J connectivity index is 1.94. The van der Waals surface area contributed by atoms with Crippen LogP contribution in [0.15, 0.2) is 6.07 Å². The number of carbonyl (C=O) groups is 2. The van der Waals surface area contributed by atoms with Crippen molar-refractivity contribution in [2.75, 3.05) is 0 Å². The summed E-state index contributed by atoms with van der Waals surface area (Å²) in [5.41, 5.74) is 8.06. The lowest BCUT2D eigenvalue weighted by Crippen LogP contribution is -2.41. The molecule has 0 bridgehead atoms. The molecular weight excluding hydrogens is 373 g/mol. The van der Waals surface area contributed by atoms with Crippen LogP contribution in [0.2, 0.25) is 0 Å². The van der Waals surface area contributed by atoms with Gasteiger partial charge in [-0.1, -0.05) is 6.42 Å². The molecule has 2 amide bonds. The first-order valence-electron chi connectivity index (χ1n) is 10.1. The molecule has 1 aromatic carbocycles. The van der Waals surface area contributed by atoms with Crippen molar-refractivity contribution in [3.05, 3.63) is 34.3 Å². The van der Waals surface area contributed by atoms with Crippen molar-refractivity contribution in [1.29, 1.82) is 0 Å². The summed E-state index contributed by atoms with van der Waals surface area (Å²) in [6, 6.07) is 1.15. The molecular formula is C22H30FN3O3. The van der Waals surface area contributed by atoms with Gasteiger partial charge in [0.2, 0.25) is 0 Å². The van der Waals surface area contributed by atoms with Crippen molar-refractivity contribution in [1.82, 2.24) is 10.3 Å². The number of aromatic amines is 1. The van der Waals surface area contributed by atoms with Crippen LogP contribution in [0, 0.1) is 19.7 Å². The molecule has 1 aliphatic rings. The lowest BCUT2D eigenvalue weighted by molar-refractivity contribution is 0.0490. The van der Waals surface area contributed by atoms with Crippen molar-refractivity contribution >= 4 is 22.9 Å². The monoisotopic (exact) mass is 403 g/mol. The minimum atomic E-state index is -0.658. The van der Waals surface area contributed by atoms with Gasteiger partial charge >= 0.3 is 6.09 Å². The Bertz CT molecular complexity index is 959.